The van der Waals surface area contributed by atoms with Crippen molar-refractivity contribution in [2.45, 2.75) is 90.5 Å². The van der Waals surface area contributed by atoms with E-state index in [9.17, 15) is 4.79 Å². The fourth-order valence-electron chi connectivity index (χ4n) is 1.97. The molecule has 0 saturated heterocycles. The highest BCUT2D eigenvalue weighted by Crippen LogP contribution is 2.10. The van der Waals surface area contributed by atoms with Gasteiger partial charge in [-0.15, -0.1) is 0 Å². The number of nitrogens with two attached hydrogens (primary N) is 1. The molecule has 0 fully saturated rings. The summed E-state index contributed by atoms with van der Waals surface area (Å²) in [5, 5.41) is 0. The summed E-state index contributed by atoms with van der Waals surface area (Å²) < 4.78 is 0. The Hall–Kier alpha value is -0.370. The Morgan fingerprint density at radius 3 is 2.00 bits per heavy atom. The van der Waals surface area contributed by atoms with Gasteiger partial charge in [-0.25, -0.2) is 0 Å². The molecule has 0 spiro atoms. The van der Waals surface area contributed by atoms with Crippen molar-refractivity contribution in [2.24, 2.45) is 5.73 Å². The molecular weight excluding hydrogens is 210 g/mol. The zero-order chi connectivity index (χ0) is 12.9. The summed E-state index contributed by atoms with van der Waals surface area (Å²) in [7, 11) is 0. The number of hydrogen-bond acceptors (Lipinski definition) is 2. The lowest BCUT2D eigenvalue weighted by Crippen LogP contribution is -2.16. The zero-order valence-electron chi connectivity index (χ0n) is 11.8. The second kappa shape index (κ2) is 12.1. The van der Waals surface area contributed by atoms with E-state index < -0.39 is 0 Å². The lowest BCUT2D eigenvalue weighted by molar-refractivity contribution is -0.119. The van der Waals surface area contributed by atoms with Crippen molar-refractivity contribution in [3.63, 3.8) is 0 Å². The van der Waals surface area contributed by atoms with Crippen molar-refractivity contribution >= 4 is 5.78 Å². The molecule has 1 atom stereocenters. The number of Topliss-reactive ketones (excluding diaryl/α,β-unsaturated/α-hetero) is 1. The largest absolute Gasteiger partial charge is 0.328 e. The smallest absolute Gasteiger partial charge is 0.132 e. The Kier molecular flexibility index (Phi) is 11.8. The Morgan fingerprint density at radius 1 is 0.941 bits per heavy atom. The van der Waals surface area contributed by atoms with E-state index in [4.69, 9.17) is 5.73 Å². The second-order valence-corrected chi connectivity index (χ2v) is 5.28. The first-order chi connectivity index (χ1) is 8.16. The van der Waals surface area contributed by atoms with Gasteiger partial charge in [-0.05, 0) is 19.8 Å². The van der Waals surface area contributed by atoms with Gasteiger partial charge in [0.1, 0.15) is 5.78 Å². The van der Waals surface area contributed by atoms with Crippen molar-refractivity contribution in [1.29, 1.82) is 0 Å². The van der Waals surface area contributed by atoms with E-state index in [1.54, 1.807) is 0 Å². The highest BCUT2D eigenvalue weighted by molar-refractivity contribution is 5.78. The maximum atomic E-state index is 11.5. The molecule has 0 aromatic carbocycles. The van der Waals surface area contributed by atoms with Crippen LogP contribution in [0, 0.1) is 0 Å². The average molecular weight is 241 g/mol. The summed E-state index contributed by atoms with van der Waals surface area (Å²) in [6.45, 7) is 4.21. The Balaban J connectivity index is 3.14. The summed E-state index contributed by atoms with van der Waals surface area (Å²) in [6.07, 6.45) is 12.6. The van der Waals surface area contributed by atoms with Crippen LogP contribution in [0.2, 0.25) is 0 Å². The summed E-state index contributed by atoms with van der Waals surface area (Å²) in [6, 6.07) is 0.164. The Labute approximate surface area is 107 Å². The van der Waals surface area contributed by atoms with Crippen molar-refractivity contribution in [1.82, 2.24) is 0 Å². The van der Waals surface area contributed by atoms with Crippen LogP contribution in [0.5, 0.6) is 0 Å². The number of ketones is 1. The minimum absolute atomic E-state index is 0.164. The quantitative estimate of drug-likeness (QED) is 0.520. The van der Waals surface area contributed by atoms with Crippen LogP contribution >= 0.6 is 0 Å². The van der Waals surface area contributed by atoms with Gasteiger partial charge in [0.15, 0.2) is 0 Å². The van der Waals surface area contributed by atoms with Gasteiger partial charge in [-0.2, -0.15) is 0 Å². The lowest BCUT2D eigenvalue weighted by atomic mass is 10.0. The summed E-state index contributed by atoms with van der Waals surface area (Å²) in [5.74, 6) is 0.397. The van der Waals surface area contributed by atoms with Gasteiger partial charge in [0, 0.05) is 18.9 Å². The molecule has 0 radical (unpaired) electrons. The predicted octanol–water partition coefficient (Wildman–Crippen LogP) is 4.21. The summed E-state index contributed by atoms with van der Waals surface area (Å²) in [5.41, 5.74) is 5.62. The molecule has 0 rings (SSSR count). The fourth-order valence-corrected chi connectivity index (χ4v) is 1.97. The van der Waals surface area contributed by atoms with E-state index in [-0.39, 0.29) is 6.04 Å². The van der Waals surface area contributed by atoms with Crippen molar-refractivity contribution < 1.29 is 4.79 Å². The van der Waals surface area contributed by atoms with Crippen molar-refractivity contribution in [3.05, 3.63) is 0 Å². The van der Waals surface area contributed by atoms with Crippen LogP contribution in [0.3, 0.4) is 0 Å². The molecule has 0 heterocycles. The average Bonchev–Trinajstić information content (AvgIpc) is 2.30. The first-order valence-electron chi connectivity index (χ1n) is 7.44. The molecule has 2 N–H and O–H groups in total. The van der Waals surface area contributed by atoms with Crippen LogP contribution in [-0.2, 0) is 4.79 Å². The highest BCUT2D eigenvalue weighted by atomic mass is 16.1. The van der Waals surface area contributed by atoms with E-state index in [0.29, 0.717) is 12.2 Å². The fraction of sp³-hybridized carbons (Fsp3) is 0.933. The van der Waals surface area contributed by atoms with E-state index in [1.165, 1.54) is 44.9 Å². The van der Waals surface area contributed by atoms with Crippen LogP contribution in [0.25, 0.3) is 0 Å². The Bertz CT molecular complexity index is 178. The van der Waals surface area contributed by atoms with E-state index in [0.717, 1.165) is 19.3 Å². The molecule has 17 heavy (non-hydrogen) atoms. The number of rotatable bonds is 12. The monoisotopic (exact) mass is 241 g/mol. The molecule has 0 aromatic rings. The summed E-state index contributed by atoms with van der Waals surface area (Å²) in [4.78, 5) is 11.5. The van der Waals surface area contributed by atoms with Crippen LogP contribution in [0.1, 0.15) is 84.5 Å². The zero-order valence-corrected chi connectivity index (χ0v) is 11.8. The van der Waals surface area contributed by atoms with Crippen LogP contribution in [-0.4, -0.2) is 11.8 Å². The molecular formula is C15H31NO. The maximum absolute atomic E-state index is 11.5. The molecule has 0 saturated carbocycles. The Morgan fingerprint density at radius 2 is 1.47 bits per heavy atom. The standard InChI is InChI=1S/C15H31NO/c1-3-4-5-6-7-8-9-10-11-15(17)13-12-14(2)16/h14H,3-13,16H2,1-2H3. The number of unbranched alkanes of at least 4 members (excludes halogenated alkanes) is 7. The van der Waals surface area contributed by atoms with Crippen LogP contribution in [0.4, 0.5) is 0 Å². The highest BCUT2D eigenvalue weighted by Gasteiger charge is 2.03. The van der Waals surface area contributed by atoms with E-state index in [1.807, 2.05) is 6.92 Å². The third-order valence-corrected chi connectivity index (χ3v) is 3.19. The van der Waals surface area contributed by atoms with Crippen LogP contribution < -0.4 is 5.73 Å². The molecule has 0 aliphatic carbocycles. The second-order valence-electron chi connectivity index (χ2n) is 5.28. The topological polar surface area (TPSA) is 43.1 Å². The minimum Gasteiger partial charge on any atom is -0.328 e. The molecule has 0 aliphatic heterocycles. The molecule has 102 valence electrons. The number of carbonyl (C=O) groups is 1. The third-order valence-electron chi connectivity index (χ3n) is 3.19. The van der Waals surface area contributed by atoms with Gasteiger partial charge in [0.05, 0.1) is 0 Å². The normalized spacial score (nSPS) is 12.6. The molecule has 0 amide bonds. The molecule has 0 bridgehead atoms. The van der Waals surface area contributed by atoms with Gasteiger partial charge in [0.2, 0.25) is 0 Å². The molecule has 2 nitrogen and oxygen atoms in total. The van der Waals surface area contributed by atoms with Gasteiger partial charge in [-0.1, -0.05) is 51.9 Å². The molecule has 2 heteroatoms. The SMILES string of the molecule is CCCCCCCCCCC(=O)CCC(C)N. The molecule has 0 aromatic heterocycles. The predicted molar refractivity (Wildman–Crippen MR) is 75.1 cm³/mol. The van der Waals surface area contributed by atoms with Gasteiger partial charge >= 0.3 is 0 Å². The molecule has 1 unspecified atom stereocenters. The van der Waals surface area contributed by atoms with Gasteiger partial charge < -0.3 is 5.73 Å². The summed E-state index contributed by atoms with van der Waals surface area (Å²) >= 11 is 0. The minimum atomic E-state index is 0.164. The lowest BCUT2D eigenvalue weighted by Gasteiger charge is -2.04. The third kappa shape index (κ3) is 13.6. The number of carbonyl (C=O) groups excluding carboxylic acids is 1. The van der Waals surface area contributed by atoms with Gasteiger partial charge in [0.25, 0.3) is 0 Å². The van der Waals surface area contributed by atoms with E-state index >= 15 is 0 Å². The van der Waals surface area contributed by atoms with Gasteiger partial charge in [-0.3, -0.25) is 4.79 Å². The maximum Gasteiger partial charge on any atom is 0.132 e. The first-order valence-corrected chi connectivity index (χ1v) is 7.44. The first kappa shape index (κ1) is 16.6. The van der Waals surface area contributed by atoms with E-state index in [2.05, 4.69) is 6.92 Å². The van der Waals surface area contributed by atoms with Crippen molar-refractivity contribution in [3.8, 4) is 0 Å². The molecule has 0 aliphatic rings. The number of hydrogen-bond donors (Lipinski definition) is 1. The van der Waals surface area contributed by atoms with Crippen molar-refractivity contribution in [2.75, 3.05) is 0 Å². The van der Waals surface area contributed by atoms with Crippen LogP contribution in [0.15, 0.2) is 0 Å².